The van der Waals surface area contributed by atoms with Crippen LogP contribution in [0.3, 0.4) is 0 Å². The smallest absolute Gasteiger partial charge is 0.220 e. The van der Waals surface area contributed by atoms with E-state index in [1.165, 1.54) is 69.3 Å². The highest BCUT2D eigenvalue weighted by atomic mass is 16.1. The molecule has 1 aromatic heterocycles. The van der Waals surface area contributed by atoms with Crippen molar-refractivity contribution in [3.8, 4) is 0 Å². The Bertz CT molecular complexity index is 625. The molecule has 1 atom stereocenters. The van der Waals surface area contributed by atoms with Gasteiger partial charge in [0.1, 0.15) is 0 Å². The Morgan fingerprint density at radius 1 is 1.15 bits per heavy atom. The number of piperidine rings is 1. The first-order valence-corrected chi connectivity index (χ1v) is 11.0. The van der Waals surface area contributed by atoms with Gasteiger partial charge in [0.05, 0.1) is 5.69 Å². The summed E-state index contributed by atoms with van der Waals surface area (Å²) in [5.41, 5.74) is 3.54. The number of nitrogens with one attached hydrogen (secondary N) is 1. The van der Waals surface area contributed by atoms with E-state index in [1.807, 2.05) is 11.7 Å². The Morgan fingerprint density at radius 3 is 2.41 bits per heavy atom. The number of carbonyl (C=O) groups excluding carboxylic acids is 1. The van der Waals surface area contributed by atoms with Gasteiger partial charge in [-0.2, -0.15) is 5.10 Å². The van der Waals surface area contributed by atoms with Gasteiger partial charge in [0.25, 0.3) is 0 Å². The minimum Gasteiger partial charge on any atom is -0.353 e. The standard InChI is InChI=1S/C22H38N4O/c1-16(14-21-17(2)24-25(4)18(21)3)23-22(27)15-19-10-12-26(13-11-19)20-8-6-5-7-9-20/h16,19-20H,5-15H2,1-4H3,(H,23,27)/t16-/m0/s1. The molecule has 1 saturated carbocycles. The van der Waals surface area contributed by atoms with E-state index >= 15 is 0 Å². The van der Waals surface area contributed by atoms with Gasteiger partial charge in [-0.3, -0.25) is 9.48 Å². The van der Waals surface area contributed by atoms with Crippen molar-refractivity contribution in [1.29, 1.82) is 0 Å². The van der Waals surface area contributed by atoms with Gasteiger partial charge in [0.2, 0.25) is 5.91 Å². The third-order valence-corrected chi connectivity index (χ3v) is 6.79. The van der Waals surface area contributed by atoms with Crippen LogP contribution in [0.1, 0.15) is 75.2 Å². The minimum atomic E-state index is 0.154. The molecule has 5 heteroatoms. The van der Waals surface area contributed by atoms with Gasteiger partial charge in [0.15, 0.2) is 0 Å². The normalized spacial score (nSPS) is 21.3. The summed E-state index contributed by atoms with van der Waals surface area (Å²) in [5, 5.41) is 7.71. The highest BCUT2D eigenvalue weighted by molar-refractivity contribution is 5.76. The maximum atomic E-state index is 12.5. The first-order chi connectivity index (χ1) is 12.9. The van der Waals surface area contributed by atoms with Crippen molar-refractivity contribution in [2.24, 2.45) is 13.0 Å². The molecule has 0 unspecified atom stereocenters. The fraction of sp³-hybridized carbons (Fsp3) is 0.818. The molecular formula is C22H38N4O. The Labute approximate surface area is 164 Å². The number of hydrogen-bond acceptors (Lipinski definition) is 3. The number of aryl methyl sites for hydroxylation is 2. The number of likely N-dealkylation sites (tertiary alicyclic amines) is 1. The summed E-state index contributed by atoms with van der Waals surface area (Å²) in [6.07, 6.45) is 10.9. The van der Waals surface area contributed by atoms with Crippen LogP contribution in [0.4, 0.5) is 0 Å². The zero-order chi connectivity index (χ0) is 19.4. The predicted octanol–water partition coefficient (Wildman–Crippen LogP) is 3.52. The van der Waals surface area contributed by atoms with E-state index in [1.54, 1.807) is 0 Å². The summed E-state index contributed by atoms with van der Waals surface area (Å²) >= 11 is 0. The number of amides is 1. The Kier molecular flexibility index (Phi) is 6.96. The molecule has 2 aliphatic rings. The summed E-state index contributed by atoms with van der Waals surface area (Å²) in [5.74, 6) is 0.775. The van der Waals surface area contributed by atoms with Gasteiger partial charge < -0.3 is 10.2 Å². The second kappa shape index (κ2) is 9.22. The number of aromatic nitrogens is 2. The second-order valence-electron chi connectivity index (χ2n) is 8.92. The molecule has 1 aliphatic heterocycles. The Balaban J connectivity index is 1.40. The van der Waals surface area contributed by atoms with Crippen LogP contribution in [0.25, 0.3) is 0 Å². The van der Waals surface area contributed by atoms with Crippen LogP contribution in [0.15, 0.2) is 0 Å². The fourth-order valence-electron chi connectivity index (χ4n) is 5.03. The van der Waals surface area contributed by atoms with Gasteiger partial charge in [0, 0.05) is 31.2 Å². The maximum absolute atomic E-state index is 12.5. The van der Waals surface area contributed by atoms with Crippen LogP contribution in [0, 0.1) is 19.8 Å². The van der Waals surface area contributed by atoms with Crippen molar-refractivity contribution in [2.75, 3.05) is 13.1 Å². The highest BCUT2D eigenvalue weighted by Gasteiger charge is 2.27. The van der Waals surface area contributed by atoms with Crippen LogP contribution >= 0.6 is 0 Å². The second-order valence-corrected chi connectivity index (χ2v) is 8.92. The monoisotopic (exact) mass is 374 g/mol. The molecule has 0 spiro atoms. The first kappa shape index (κ1) is 20.4. The molecule has 2 fully saturated rings. The zero-order valence-electron chi connectivity index (χ0n) is 17.8. The first-order valence-electron chi connectivity index (χ1n) is 11.0. The van der Waals surface area contributed by atoms with E-state index in [9.17, 15) is 4.79 Å². The van der Waals surface area contributed by atoms with E-state index in [-0.39, 0.29) is 11.9 Å². The van der Waals surface area contributed by atoms with Crippen molar-refractivity contribution in [3.63, 3.8) is 0 Å². The van der Waals surface area contributed by atoms with E-state index in [4.69, 9.17) is 0 Å². The zero-order valence-corrected chi connectivity index (χ0v) is 17.8. The van der Waals surface area contributed by atoms with Crippen molar-refractivity contribution in [2.45, 2.75) is 90.6 Å². The van der Waals surface area contributed by atoms with E-state index in [0.29, 0.717) is 12.3 Å². The topological polar surface area (TPSA) is 50.2 Å². The third-order valence-electron chi connectivity index (χ3n) is 6.79. The summed E-state index contributed by atoms with van der Waals surface area (Å²) < 4.78 is 1.93. The molecule has 0 radical (unpaired) electrons. The van der Waals surface area contributed by atoms with Crippen LogP contribution < -0.4 is 5.32 Å². The van der Waals surface area contributed by atoms with Crippen molar-refractivity contribution in [3.05, 3.63) is 17.0 Å². The summed E-state index contributed by atoms with van der Waals surface area (Å²) in [6, 6.07) is 0.973. The lowest BCUT2D eigenvalue weighted by atomic mass is 9.88. The quantitative estimate of drug-likeness (QED) is 0.829. The summed E-state index contributed by atoms with van der Waals surface area (Å²) in [4.78, 5) is 15.2. The van der Waals surface area contributed by atoms with Gasteiger partial charge in [-0.1, -0.05) is 19.3 Å². The fourth-order valence-corrected chi connectivity index (χ4v) is 5.03. The SMILES string of the molecule is Cc1nn(C)c(C)c1C[C@H](C)NC(=O)CC1CCN(C2CCCCC2)CC1. The molecule has 1 amide bonds. The molecule has 3 rings (SSSR count). The van der Waals surface area contributed by atoms with Crippen LogP contribution in [-0.2, 0) is 18.3 Å². The number of carbonyl (C=O) groups is 1. The molecule has 1 aliphatic carbocycles. The highest BCUT2D eigenvalue weighted by Crippen LogP contribution is 2.28. The average Bonchev–Trinajstić information content (AvgIpc) is 2.89. The molecule has 152 valence electrons. The number of nitrogens with zero attached hydrogens (tertiary/aromatic N) is 3. The van der Waals surface area contributed by atoms with Crippen LogP contribution in [0.2, 0.25) is 0 Å². The van der Waals surface area contributed by atoms with Gasteiger partial charge in [-0.25, -0.2) is 0 Å². The third kappa shape index (κ3) is 5.34. The van der Waals surface area contributed by atoms with Crippen LogP contribution in [0.5, 0.6) is 0 Å². The largest absolute Gasteiger partial charge is 0.353 e. The molecule has 27 heavy (non-hydrogen) atoms. The Morgan fingerprint density at radius 2 is 1.81 bits per heavy atom. The summed E-state index contributed by atoms with van der Waals surface area (Å²) in [7, 11) is 1.98. The molecule has 1 aromatic rings. The Hall–Kier alpha value is -1.36. The van der Waals surface area contributed by atoms with Crippen molar-refractivity contribution >= 4 is 5.91 Å². The maximum Gasteiger partial charge on any atom is 0.220 e. The molecule has 0 aromatic carbocycles. The molecule has 2 heterocycles. The summed E-state index contributed by atoms with van der Waals surface area (Å²) in [6.45, 7) is 8.63. The lowest BCUT2D eigenvalue weighted by Crippen LogP contribution is -2.43. The van der Waals surface area contributed by atoms with Crippen LogP contribution in [-0.4, -0.2) is 45.8 Å². The minimum absolute atomic E-state index is 0.154. The van der Waals surface area contributed by atoms with Gasteiger partial charge in [-0.15, -0.1) is 0 Å². The molecule has 1 saturated heterocycles. The average molecular weight is 375 g/mol. The number of hydrogen-bond donors (Lipinski definition) is 1. The van der Waals surface area contributed by atoms with Crippen molar-refractivity contribution < 1.29 is 4.79 Å². The molecule has 5 nitrogen and oxygen atoms in total. The molecule has 1 N–H and O–H groups in total. The van der Waals surface area contributed by atoms with Gasteiger partial charge in [-0.05, 0) is 77.4 Å². The van der Waals surface area contributed by atoms with E-state index < -0.39 is 0 Å². The van der Waals surface area contributed by atoms with Crippen molar-refractivity contribution in [1.82, 2.24) is 20.0 Å². The molecular weight excluding hydrogens is 336 g/mol. The molecule has 0 bridgehead atoms. The predicted molar refractivity (Wildman–Crippen MR) is 110 cm³/mol. The number of rotatable bonds is 6. The van der Waals surface area contributed by atoms with E-state index in [0.717, 1.165) is 18.2 Å². The lowest BCUT2D eigenvalue weighted by molar-refractivity contribution is -0.123. The lowest BCUT2D eigenvalue weighted by Gasteiger charge is -2.39. The van der Waals surface area contributed by atoms with Gasteiger partial charge >= 0.3 is 0 Å². The van der Waals surface area contributed by atoms with E-state index in [2.05, 4.69) is 36.1 Å².